The van der Waals surface area contributed by atoms with Gasteiger partial charge in [0.05, 0.1) is 17.6 Å². The normalized spacial score (nSPS) is 24.1. The van der Waals surface area contributed by atoms with E-state index < -0.39 is 0 Å². The van der Waals surface area contributed by atoms with Gasteiger partial charge in [-0.15, -0.1) is 11.3 Å². The SMILES string of the molecule is Cn1nccc1C1=CC2CCC(C1)N2Cc1nc2sc3c(c2c(=O)[nH]1)CCC3. The van der Waals surface area contributed by atoms with Crippen LogP contribution in [0.25, 0.3) is 15.8 Å². The van der Waals surface area contributed by atoms with Gasteiger partial charge in [0.2, 0.25) is 0 Å². The number of hydrogen-bond donors (Lipinski definition) is 1. The molecule has 2 unspecified atom stereocenters. The lowest BCUT2D eigenvalue weighted by atomic mass is 9.98. The number of aromatic amines is 1. The van der Waals surface area contributed by atoms with Crippen LogP contribution < -0.4 is 5.56 Å². The first-order valence-electron chi connectivity index (χ1n) is 10.2. The number of aromatic nitrogens is 4. The molecule has 1 aliphatic carbocycles. The van der Waals surface area contributed by atoms with Crippen LogP contribution in [0.4, 0.5) is 0 Å². The van der Waals surface area contributed by atoms with Crippen molar-refractivity contribution in [2.45, 2.75) is 57.2 Å². The molecule has 3 aliphatic rings. The van der Waals surface area contributed by atoms with Gasteiger partial charge in [-0.25, -0.2) is 4.98 Å². The molecule has 0 aromatic carbocycles. The second kappa shape index (κ2) is 6.12. The Labute approximate surface area is 166 Å². The molecule has 5 heterocycles. The third kappa shape index (κ3) is 2.46. The number of H-pyrrole nitrogens is 1. The third-order valence-corrected chi connectivity index (χ3v) is 7.83. The van der Waals surface area contributed by atoms with E-state index in [0.29, 0.717) is 12.1 Å². The number of nitrogens with zero attached hydrogens (tertiary/aromatic N) is 4. The van der Waals surface area contributed by atoms with Gasteiger partial charge in [0.25, 0.3) is 5.56 Å². The van der Waals surface area contributed by atoms with Crippen LogP contribution in [0.15, 0.2) is 23.1 Å². The highest BCUT2D eigenvalue weighted by atomic mass is 32.1. The summed E-state index contributed by atoms with van der Waals surface area (Å²) < 4.78 is 1.96. The Hall–Kier alpha value is -2.25. The molecule has 28 heavy (non-hydrogen) atoms. The predicted molar refractivity (Wildman–Crippen MR) is 110 cm³/mol. The fourth-order valence-electron chi connectivity index (χ4n) is 5.34. The van der Waals surface area contributed by atoms with E-state index in [4.69, 9.17) is 4.98 Å². The second-order valence-electron chi connectivity index (χ2n) is 8.26. The number of thiophene rings is 1. The molecule has 0 saturated carbocycles. The average molecular weight is 394 g/mol. The summed E-state index contributed by atoms with van der Waals surface area (Å²) in [6.45, 7) is 0.720. The first-order valence-corrected chi connectivity index (χ1v) is 11.0. The number of rotatable bonds is 3. The molecule has 6 rings (SSSR count). The first-order chi connectivity index (χ1) is 13.7. The summed E-state index contributed by atoms with van der Waals surface area (Å²) >= 11 is 1.72. The van der Waals surface area contributed by atoms with E-state index in [1.165, 1.54) is 41.0 Å². The van der Waals surface area contributed by atoms with Crippen LogP contribution in [-0.4, -0.2) is 36.7 Å². The van der Waals surface area contributed by atoms with Gasteiger partial charge >= 0.3 is 0 Å². The summed E-state index contributed by atoms with van der Waals surface area (Å²) in [5.74, 6) is 0.812. The lowest BCUT2D eigenvalue weighted by molar-refractivity contribution is 0.198. The molecule has 2 atom stereocenters. The molecular formula is C21H23N5OS. The lowest BCUT2D eigenvalue weighted by Crippen LogP contribution is -2.38. The zero-order chi connectivity index (χ0) is 18.8. The molecule has 144 valence electrons. The fraction of sp³-hybridized carbons (Fsp3) is 0.476. The maximum absolute atomic E-state index is 12.8. The summed E-state index contributed by atoms with van der Waals surface area (Å²) in [6, 6.07) is 3.02. The van der Waals surface area contributed by atoms with Crippen LogP contribution in [0.2, 0.25) is 0 Å². The van der Waals surface area contributed by atoms with Gasteiger partial charge in [0.1, 0.15) is 10.7 Å². The summed E-state index contributed by atoms with van der Waals surface area (Å²) in [6.07, 6.45) is 11.0. The highest BCUT2D eigenvalue weighted by molar-refractivity contribution is 7.18. The molecule has 3 aromatic rings. The van der Waals surface area contributed by atoms with Crippen molar-refractivity contribution < 1.29 is 0 Å². The van der Waals surface area contributed by atoms with Crippen LogP contribution in [0.5, 0.6) is 0 Å². The maximum atomic E-state index is 12.8. The van der Waals surface area contributed by atoms with Gasteiger partial charge in [-0.1, -0.05) is 6.08 Å². The minimum absolute atomic E-state index is 0.0508. The largest absolute Gasteiger partial charge is 0.309 e. The van der Waals surface area contributed by atoms with Gasteiger partial charge in [-0.3, -0.25) is 14.4 Å². The number of fused-ring (bicyclic) bond motifs is 5. The zero-order valence-corrected chi connectivity index (χ0v) is 16.8. The minimum atomic E-state index is 0.0508. The summed E-state index contributed by atoms with van der Waals surface area (Å²) in [7, 11) is 2.01. The summed E-state index contributed by atoms with van der Waals surface area (Å²) in [5.41, 5.74) is 3.92. The van der Waals surface area contributed by atoms with Crippen molar-refractivity contribution in [3.63, 3.8) is 0 Å². The smallest absolute Gasteiger partial charge is 0.259 e. The molecule has 6 nitrogen and oxygen atoms in total. The number of hydrogen-bond acceptors (Lipinski definition) is 5. The first kappa shape index (κ1) is 16.7. The lowest BCUT2D eigenvalue weighted by Gasteiger charge is -2.33. The van der Waals surface area contributed by atoms with Crippen molar-refractivity contribution >= 4 is 27.1 Å². The molecule has 2 aliphatic heterocycles. The van der Waals surface area contributed by atoms with Crippen molar-refractivity contribution in [1.29, 1.82) is 0 Å². The van der Waals surface area contributed by atoms with Crippen molar-refractivity contribution in [2.24, 2.45) is 7.05 Å². The highest BCUT2D eigenvalue weighted by Crippen LogP contribution is 2.39. The fourth-order valence-corrected chi connectivity index (χ4v) is 6.62. The van der Waals surface area contributed by atoms with Gasteiger partial charge < -0.3 is 4.98 Å². The topological polar surface area (TPSA) is 66.8 Å². The molecule has 1 N–H and O–H groups in total. The Morgan fingerprint density at radius 2 is 2.25 bits per heavy atom. The Bertz CT molecular complexity index is 1170. The standard InChI is InChI=1S/C21H23N5OS/c1-25-16(7-8-22-25)12-9-13-5-6-14(10-12)26(13)11-18-23-20(27)19-15-3-2-4-17(15)28-21(19)24-18/h7-9,13-14H,2-6,10-11H2,1H3,(H,23,24,27). The minimum Gasteiger partial charge on any atom is -0.309 e. The van der Waals surface area contributed by atoms with Gasteiger partial charge in [0, 0.05) is 30.2 Å². The molecule has 1 fully saturated rings. The van der Waals surface area contributed by atoms with Gasteiger partial charge in [-0.2, -0.15) is 5.10 Å². The van der Waals surface area contributed by atoms with E-state index in [1.807, 2.05) is 17.9 Å². The van der Waals surface area contributed by atoms with Crippen LogP contribution in [0, 0.1) is 0 Å². The molecule has 0 spiro atoms. The third-order valence-electron chi connectivity index (χ3n) is 6.65. The maximum Gasteiger partial charge on any atom is 0.259 e. The zero-order valence-electron chi connectivity index (χ0n) is 15.9. The Kier molecular flexibility index (Phi) is 3.65. The van der Waals surface area contributed by atoms with E-state index in [2.05, 4.69) is 27.1 Å². The molecule has 0 amide bonds. The van der Waals surface area contributed by atoms with Crippen molar-refractivity contribution in [2.75, 3.05) is 0 Å². The monoisotopic (exact) mass is 393 g/mol. The van der Waals surface area contributed by atoms with Crippen LogP contribution in [0.1, 0.15) is 47.6 Å². The van der Waals surface area contributed by atoms with Crippen LogP contribution in [0.3, 0.4) is 0 Å². The average Bonchev–Trinajstić information content (AvgIpc) is 3.39. The van der Waals surface area contributed by atoms with Crippen LogP contribution in [-0.2, 0) is 26.4 Å². The molecule has 7 heteroatoms. The molecule has 0 radical (unpaired) electrons. The quantitative estimate of drug-likeness (QED) is 0.743. The predicted octanol–water partition coefficient (Wildman–Crippen LogP) is 3.03. The molecular weight excluding hydrogens is 370 g/mol. The van der Waals surface area contributed by atoms with Gasteiger partial charge in [0.15, 0.2) is 0 Å². The molecule has 3 aromatic heterocycles. The van der Waals surface area contributed by atoms with E-state index >= 15 is 0 Å². The van der Waals surface area contributed by atoms with E-state index in [-0.39, 0.29) is 5.56 Å². The second-order valence-corrected chi connectivity index (χ2v) is 9.34. The number of nitrogens with one attached hydrogen (secondary N) is 1. The Balaban J connectivity index is 1.31. The molecule has 2 bridgehead atoms. The Morgan fingerprint density at radius 1 is 1.32 bits per heavy atom. The van der Waals surface area contributed by atoms with Gasteiger partial charge in [-0.05, 0) is 55.7 Å². The highest BCUT2D eigenvalue weighted by Gasteiger charge is 2.37. The summed E-state index contributed by atoms with van der Waals surface area (Å²) in [5, 5.41) is 5.17. The van der Waals surface area contributed by atoms with Crippen molar-refractivity contribution in [1.82, 2.24) is 24.6 Å². The van der Waals surface area contributed by atoms with Crippen LogP contribution >= 0.6 is 11.3 Å². The Morgan fingerprint density at radius 3 is 3.07 bits per heavy atom. The van der Waals surface area contributed by atoms with E-state index in [1.54, 1.807) is 11.3 Å². The summed E-state index contributed by atoms with van der Waals surface area (Å²) in [4.78, 5) is 25.5. The number of aryl methyl sites for hydroxylation is 3. The van der Waals surface area contributed by atoms with Crippen molar-refractivity contribution in [3.05, 3.63) is 50.7 Å². The van der Waals surface area contributed by atoms with E-state index in [9.17, 15) is 4.79 Å². The van der Waals surface area contributed by atoms with E-state index in [0.717, 1.165) is 41.8 Å². The van der Waals surface area contributed by atoms with Crippen molar-refractivity contribution in [3.8, 4) is 0 Å². The molecule has 1 saturated heterocycles.